The molecular formula is C13H8Br2N2O3. The molecule has 102 valence electrons. The van der Waals surface area contributed by atoms with E-state index in [9.17, 15) is 9.59 Å². The van der Waals surface area contributed by atoms with Crippen LogP contribution in [0.25, 0.3) is 0 Å². The van der Waals surface area contributed by atoms with Crippen LogP contribution in [0.4, 0.5) is 5.69 Å². The van der Waals surface area contributed by atoms with Crippen molar-refractivity contribution in [3.05, 3.63) is 56.7 Å². The van der Waals surface area contributed by atoms with Gasteiger partial charge < -0.3 is 10.4 Å². The zero-order valence-corrected chi connectivity index (χ0v) is 13.1. The fraction of sp³-hybridized carbons (Fsp3) is 0. The number of nitrogens with one attached hydrogen (secondary N) is 1. The maximum atomic E-state index is 12.0. The molecule has 2 rings (SSSR count). The van der Waals surface area contributed by atoms with E-state index in [1.807, 2.05) is 0 Å². The fourth-order valence-electron chi connectivity index (χ4n) is 1.49. The average molecular weight is 400 g/mol. The Morgan fingerprint density at radius 3 is 2.45 bits per heavy atom. The molecule has 0 saturated heterocycles. The second-order valence-corrected chi connectivity index (χ2v) is 5.49. The molecule has 2 N–H and O–H groups in total. The van der Waals surface area contributed by atoms with E-state index in [2.05, 4.69) is 42.2 Å². The first-order valence-electron chi connectivity index (χ1n) is 5.43. The van der Waals surface area contributed by atoms with Gasteiger partial charge in [-0.15, -0.1) is 0 Å². The molecule has 1 aromatic heterocycles. The molecule has 0 aliphatic rings. The van der Waals surface area contributed by atoms with Crippen molar-refractivity contribution in [3.63, 3.8) is 0 Å². The predicted molar refractivity (Wildman–Crippen MR) is 81.0 cm³/mol. The number of carbonyl (C=O) groups is 2. The van der Waals surface area contributed by atoms with Crippen LogP contribution in [-0.4, -0.2) is 22.0 Å². The Kier molecular flexibility index (Phi) is 4.51. The summed E-state index contributed by atoms with van der Waals surface area (Å²) in [6, 6.07) is 7.56. The second kappa shape index (κ2) is 6.15. The molecule has 0 aliphatic heterocycles. The highest BCUT2D eigenvalue weighted by Crippen LogP contribution is 2.24. The molecular weight excluding hydrogens is 392 g/mol. The normalized spacial score (nSPS) is 10.1. The molecule has 5 nitrogen and oxygen atoms in total. The Bertz CT molecular complexity index is 689. The minimum absolute atomic E-state index is 0.140. The van der Waals surface area contributed by atoms with Gasteiger partial charge in [0.05, 0.1) is 11.3 Å². The van der Waals surface area contributed by atoms with Gasteiger partial charge in [0.15, 0.2) is 0 Å². The molecule has 20 heavy (non-hydrogen) atoms. The summed E-state index contributed by atoms with van der Waals surface area (Å²) in [5.41, 5.74) is 1.08. The van der Waals surface area contributed by atoms with Gasteiger partial charge in [-0.05, 0) is 62.2 Å². The summed E-state index contributed by atoms with van der Waals surface area (Å²) in [4.78, 5) is 26.8. The van der Waals surface area contributed by atoms with E-state index in [0.29, 0.717) is 20.3 Å². The van der Waals surface area contributed by atoms with Crippen LogP contribution in [0.1, 0.15) is 20.7 Å². The van der Waals surface area contributed by atoms with E-state index in [0.717, 1.165) is 0 Å². The maximum Gasteiger partial charge on any atom is 0.335 e. The summed E-state index contributed by atoms with van der Waals surface area (Å²) < 4.78 is 1.06. The summed E-state index contributed by atoms with van der Waals surface area (Å²) in [6.07, 6.45) is 1.52. The van der Waals surface area contributed by atoms with E-state index in [1.165, 1.54) is 24.4 Å². The molecule has 0 unspecified atom stereocenters. The lowest BCUT2D eigenvalue weighted by Crippen LogP contribution is -2.12. The lowest BCUT2D eigenvalue weighted by Gasteiger charge is -2.08. The third kappa shape index (κ3) is 3.43. The average Bonchev–Trinajstić information content (AvgIpc) is 2.40. The van der Waals surface area contributed by atoms with Crippen LogP contribution < -0.4 is 5.32 Å². The Hall–Kier alpha value is -1.73. The van der Waals surface area contributed by atoms with E-state index < -0.39 is 5.97 Å². The minimum Gasteiger partial charge on any atom is -0.478 e. The Labute approximate surface area is 131 Å². The van der Waals surface area contributed by atoms with Crippen molar-refractivity contribution in [1.29, 1.82) is 0 Å². The van der Waals surface area contributed by atoms with E-state index in [4.69, 9.17) is 5.11 Å². The van der Waals surface area contributed by atoms with Gasteiger partial charge in [-0.3, -0.25) is 4.79 Å². The molecule has 2 aromatic rings. The number of halogens is 2. The van der Waals surface area contributed by atoms with Crippen LogP contribution in [-0.2, 0) is 0 Å². The van der Waals surface area contributed by atoms with Crippen molar-refractivity contribution >= 4 is 49.4 Å². The van der Waals surface area contributed by atoms with Crippen LogP contribution in [0.2, 0.25) is 0 Å². The lowest BCUT2D eigenvalue weighted by atomic mass is 10.2. The van der Waals surface area contributed by atoms with Crippen LogP contribution in [0.15, 0.2) is 45.6 Å². The van der Waals surface area contributed by atoms with E-state index in [-0.39, 0.29) is 11.5 Å². The van der Waals surface area contributed by atoms with Gasteiger partial charge in [0, 0.05) is 16.2 Å². The number of pyridine rings is 1. The topological polar surface area (TPSA) is 79.3 Å². The molecule has 0 fully saturated rings. The smallest absolute Gasteiger partial charge is 0.335 e. The van der Waals surface area contributed by atoms with Gasteiger partial charge in [0.25, 0.3) is 5.91 Å². The fourth-order valence-corrected chi connectivity index (χ4v) is 2.33. The lowest BCUT2D eigenvalue weighted by molar-refractivity contribution is 0.0696. The van der Waals surface area contributed by atoms with Crippen molar-refractivity contribution in [3.8, 4) is 0 Å². The SMILES string of the molecule is O=C(O)c1ccc(NC(=O)c2ccnc(Br)c2)c(Br)c1. The molecule has 7 heteroatoms. The monoisotopic (exact) mass is 398 g/mol. The number of carboxylic acid groups (broad SMARTS) is 1. The predicted octanol–water partition coefficient (Wildman–Crippen LogP) is 3.56. The molecule has 0 bridgehead atoms. The van der Waals surface area contributed by atoms with Crippen LogP contribution >= 0.6 is 31.9 Å². The minimum atomic E-state index is -1.03. The van der Waals surface area contributed by atoms with Crippen LogP contribution in [0, 0.1) is 0 Å². The van der Waals surface area contributed by atoms with Gasteiger partial charge in [0.1, 0.15) is 4.60 Å². The first kappa shape index (κ1) is 14.7. The number of aromatic carboxylic acids is 1. The highest BCUT2D eigenvalue weighted by molar-refractivity contribution is 9.10. The first-order chi connectivity index (χ1) is 9.47. The van der Waals surface area contributed by atoms with Gasteiger partial charge in [-0.25, -0.2) is 9.78 Å². The maximum absolute atomic E-state index is 12.0. The van der Waals surface area contributed by atoms with E-state index >= 15 is 0 Å². The quantitative estimate of drug-likeness (QED) is 0.773. The standard InChI is InChI=1S/C13H8Br2N2O3/c14-9-5-8(13(19)20)1-2-10(9)17-12(18)7-3-4-16-11(15)6-7/h1-6H,(H,17,18)(H,19,20). The second-order valence-electron chi connectivity index (χ2n) is 3.82. The molecule has 1 amide bonds. The van der Waals surface area contributed by atoms with Crippen molar-refractivity contribution in [2.75, 3.05) is 5.32 Å². The molecule has 1 aromatic carbocycles. The van der Waals surface area contributed by atoms with E-state index in [1.54, 1.807) is 12.1 Å². The number of amides is 1. The highest BCUT2D eigenvalue weighted by Gasteiger charge is 2.11. The number of anilines is 1. The van der Waals surface area contributed by atoms with Crippen molar-refractivity contribution in [2.24, 2.45) is 0 Å². The summed E-state index contributed by atoms with van der Waals surface area (Å²) in [7, 11) is 0. The number of aromatic nitrogens is 1. The number of hydrogen-bond acceptors (Lipinski definition) is 3. The van der Waals surface area contributed by atoms with Gasteiger partial charge in [-0.2, -0.15) is 0 Å². The zero-order chi connectivity index (χ0) is 14.7. The summed E-state index contributed by atoms with van der Waals surface area (Å²) >= 11 is 6.42. The molecule has 0 radical (unpaired) electrons. The molecule has 0 aliphatic carbocycles. The number of nitrogens with zero attached hydrogens (tertiary/aromatic N) is 1. The number of benzene rings is 1. The van der Waals surface area contributed by atoms with Gasteiger partial charge in [0.2, 0.25) is 0 Å². The molecule has 0 spiro atoms. The Morgan fingerprint density at radius 1 is 1.10 bits per heavy atom. The third-order valence-electron chi connectivity index (χ3n) is 2.45. The number of rotatable bonds is 3. The van der Waals surface area contributed by atoms with Crippen LogP contribution in [0.3, 0.4) is 0 Å². The summed E-state index contributed by atoms with van der Waals surface area (Å²) in [5, 5.41) is 11.6. The van der Waals surface area contributed by atoms with Crippen molar-refractivity contribution in [1.82, 2.24) is 4.98 Å². The van der Waals surface area contributed by atoms with Gasteiger partial charge >= 0.3 is 5.97 Å². The molecule has 1 heterocycles. The van der Waals surface area contributed by atoms with Crippen LogP contribution in [0.5, 0.6) is 0 Å². The van der Waals surface area contributed by atoms with Crippen molar-refractivity contribution in [2.45, 2.75) is 0 Å². The summed E-state index contributed by atoms with van der Waals surface area (Å²) in [6.45, 7) is 0. The van der Waals surface area contributed by atoms with Crippen molar-refractivity contribution < 1.29 is 14.7 Å². The first-order valence-corrected chi connectivity index (χ1v) is 7.02. The number of carboxylic acids is 1. The number of carbonyl (C=O) groups excluding carboxylic acids is 1. The molecule has 0 saturated carbocycles. The largest absolute Gasteiger partial charge is 0.478 e. The number of hydrogen-bond donors (Lipinski definition) is 2. The Morgan fingerprint density at radius 2 is 1.85 bits per heavy atom. The molecule has 0 atom stereocenters. The highest BCUT2D eigenvalue weighted by atomic mass is 79.9. The summed E-state index contributed by atoms with van der Waals surface area (Å²) in [5.74, 6) is -1.33. The zero-order valence-electron chi connectivity index (χ0n) is 9.93. The third-order valence-corrected chi connectivity index (χ3v) is 3.54. The Balaban J connectivity index is 2.22. The van der Waals surface area contributed by atoms with Gasteiger partial charge in [-0.1, -0.05) is 0 Å².